The number of rotatable bonds is 3. The molecule has 1 aromatic carbocycles. The van der Waals surface area contributed by atoms with Gasteiger partial charge in [-0.2, -0.15) is 18.3 Å². The molecule has 26 heavy (non-hydrogen) atoms. The summed E-state index contributed by atoms with van der Waals surface area (Å²) >= 11 is 0. The van der Waals surface area contributed by atoms with Crippen molar-refractivity contribution in [2.45, 2.75) is 18.8 Å². The molecule has 1 aromatic heterocycles. The highest BCUT2D eigenvalue weighted by molar-refractivity contribution is 5.97. The minimum absolute atomic E-state index is 0.0527. The van der Waals surface area contributed by atoms with E-state index >= 15 is 0 Å². The maximum absolute atomic E-state index is 12.6. The van der Waals surface area contributed by atoms with Crippen LogP contribution in [-0.4, -0.2) is 41.3 Å². The van der Waals surface area contributed by atoms with Crippen molar-refractivity contribution in [3.8, 4) is 5.75 Å². The third kappa shape index (κ3) is 3.48. The quantitative estimate of drug-likeness (QED) is 0.890. The average molecular weight is 368 g/mol. The zero-order valence-electron chi connectivity index (χ0n) is 13.7. The minimum atomic E-state index is -4.58. The lowest BCUT2D eigenvalue weighted by atomic mass is 10.1. The van der Waals surface area contributed by atoms with Crippen LogP contribution in [0.25, 0.3) is 0 Å². The molecule has 1 aliphatic heterocycles. The first kappa shape index (κ1) is 17.8. The highest BCUT2D eigenvalue weighted by Gasteiger charge is 2.35. The Hall–Kier alpha value is -3.04. The highest BCUT2D eigenvalue weighted by atomic mass is 19.4. The molecular formula is C16H15F3N4O3. The van der Waals surface area contributed by atoms with E-state index in [1.165, 1.54) is 11.9 Å². The molecule has 0 bridgehead atoms. The van der Waals surface area contributed by atoms with Gasteiger partial charge in [-0.25, -0.2) is 0 Å². The van der Waals surface area contributed by atoms with Gasteiger partial charge in [0.05, 0.1) is 12.2 Å². The first-order chi connectivity index (χ1) is 12.3. The zero-order chi connectivity index (χ0) is 18.9. The normalized spacial score (nSPS) is 16.6. The van der Waals surface area contributed by atoms with Crippen LogP contribution in [0.3, 0.4) is 0 Å². The molecule has 0 fully saturated rings. The van der Waals surface area contributed by atoms with Gasteiger partial charge in [0, 0.05) is 13.2 Å². The van der Waals surface area contributed by atoms with E-state index < -0.39 is 36.3 Å². The third-order valence-corrected chi connectivity index (χ3v) is 3.84. The Morgan fingerprint density at radius 2 is 2.04 bits per heavy atom. The molecule has 10 heteroatoms. The Labute approximate surface area is 146 Å². The van der Waals surface area contributed by atoms with Gasteiger partial charge in [-0.05, 0) is 18.2 Å². The van der Waals surface area contributed by atoms with Crippen molar-refractivity contribution in [2.75, 3.05) is 18.5 Å². The molecule has 7 nitrogen and oxygen atoms in total. The molecule has 3 rings (SSSR count). The van der Waals surface area contributed by atoms with Gasteiger partial charge >= 0.3 is 6.18 Å². The van der Waals surface area contributed by atoms with E-state index in [1.807, 2.05) is 0 Å². The number of alkyl halides is 3. The lowest BCUT2D eigenvalue weighted by Gasteiger charge is -2.34. The van der Waals surface area contributed by atoms with Crippen LogP contribution in [0.1, 0.15) is 5.69 Å². The topological polar surface area (TPSA) is 76.5 Å². The highest BCUT2D eigenvalue weighted by Crippen LogP contribution is 2.33. The van der Waals surface area contributed by atoms with Crippen LogP contribution >= 0.6 is 0 Å². The van der Waals surface area contributed by atoms with Crippen molar-refractivity contribution in [3.63, 3.8) is 0 Å². The van der Waals surface area contributed by atoms with E-state index in [0.29, 0.717) is 11.4 Å². The number of hydrogen-bond acceptors (Lipinski definition) is 4. The Balaban J connectivity index is 1.83. The second-order valence-electron chi connectivity index (χ2n) is 5.59. The van der Waals surface area contributed by atoms with Gasteiger partial charge in [0.25, 0.3) is 5.91 Å². The van der Waals surface area contributed by atoms with Crippen molar-refractivity contribution in [1.82, 2.24) is 15.1 Å². The number of halogens is 3. The monoisotopic (exact) mass is 368 g/mol. The number of likely N-dealkylation sites (N-methyl/N-ethyl adjacent to an activating group) is 1. The van der Waals surface area contributed by atoms with Gasteiger partial charge in [0.15, 0.2) is 11.8 Å². The van der Waals surface area contributed by atoms with Crippen molar-refractivity contribution in [3.05, 3.63) is 42.2 Å². The summed E-state index contributed by atoms with van der Waals surface area (Å²) < 4.78 is 44.4. The molecule has 0 saturated heterocycles. The molecule has 0 spiro atoms. The molecule has 138 valence electrons. The predicted octanol–water partition coefficient (Wildman–Crippen LogP) is 1.44. The number of ether oxygens (including phenoxy) is 1. The molecule has 2 amide bonds. The number of fused-ring (bicyclic) bond motifs is 1. The SMILES string of the molecule is CNC(=O)[C@@H]1CN(C(=O)Cn2ccc(C(F)(F)F)n2)c2ccccc2O1. The number of benzene rings is 1. The first-order valence-electron chi connectivity index (χ1n) is 7.68. The molecule has 2 aromatic rings. The second kappa shape index (κ2) is 6.70. The lowest BCUT2D eigenvalue weighted by molar-refractivity contribution is -0.141. The molecule has 0 saturated carbocycles. The molecule has 1 aliphatic rings. The van der Waals surface area contributed by atoms with Crippen LogP contribution in [0, 0.1) is 0 Å². The van der Waals surface area contributed by atoms with Crippen LogP contribution in [0.5, 0.6) is 5.75 Å². The summed E-state index contributed by atoms with van der Waals surface area (Å²) in [5.74, 6) is -0.570. The third-order valence-electron chi connectivity index (χ3n) is 3.84. The smallest absolute Gasteiger partial charge is 0.435 e. The first-order valence-corrected chi connectivity index (χ1v) is 7.68. The fourth-order valence-electron chi connectivity index (χ4n) is 2.59. The summed E-state index contributed by atoms with van der Waals surface area (Å²) in [6.45, 7) is -0.451. The van der Waals surface area contributed by atoms with E-state index in [2.05, 4.69) is 10.4 Å². The summed E-state index contributed by atoms with van der Waals surface area (Å²) in [6.07, 6.45) is -4.41. The van der Waals surface area contributed by atoms with E-state index in [1.54, 1.807) is 24.3 Å². The maximum Gasteiger partial charge on any atom is 0.435 e. The number of carbonyl (C=O) groups is 2. The molecule has 0 radical (unpaired) electrons. The van der Waals surface area contributed by atoms with Crippen molar-refractivity contribution in [2.24, 2.45) is 0 Å². The van der Waals surface area contributed by atoms with E-state index in [-0.39, 0.29) is 6.54 Å². The van der Waals surface area contributed by atoms with E-state index in [9.17, 15) is 22.8 Å². The lowest BCUT2D eigenvalue weighted by Crippen LogP contribution is -2.50. The van der Waals surface area contributed by atoms with E-state index in [0.717, 1.165) is 16.9 Å². The van der Waals surface area contributed by atoms with Gasteiger partial charge in [0.2, 0.25) is 5.91 Å². The Morgan fingerprint density at radius 3 is 2.69 bits per heavy atom. The summed E-state index contributed by atoms with van der Waals surface area (Å²) in [7, 11) is 1.45. The summed E-state index contributed by atoms with van der Waals surface area (Å²) in [6, 6.07) is 7.43. The average Bonchev–Trinajstić information content (AvgIpc) is 3.08. The molecule has 2 heterocycles. The predicted molar refractivity (Wildman–Crippen MR) is 84.5 cm³/mol. The Morgan fingerprint density at radius 1 is 1.31 bits per heavy atom. The molecule has 1 N–H and O–H groups in total. The minimum Gasteiger partial charge on any atom is -0.477 e. The molecule has 1 atom stereocenters. The maximum atomic E-state index is 12.6. The van der Waals surface area contributed by atoms with Crippen LogP contribution in [-0.2, 0) is 22.3 Å². The standard InChI is InChI=1S/C16H15F3N4O3/c1-20-15(25)12-8-23(10-4-2-3-5-11(10)26-12)14(24)9-22-7-6-13(21-22)16(17,18)19/h2-7,12H,8-9H2,1H3,(H,20,25)/t12-/m0/s1. The fraction of sp³-hybridized carbons (Fsp3) is 0.312. The van der Waals surface area contributed by atoms with Crippen LogP contribution in [0.4, 0.5) is 18.9 Å². The molecular weight excluding hydrogens is 353 g/mol. The zero-order valence-corrected chi connectivity index (χ0v) is 13.7. The van der Waals surface area contributed by atoms with Gasteiger partial charge in [-0.15, -0.1) is 0 Å². The Kier molecular flexibility index (Phi) is 4.58. The van der Waals surface area contributed by atoms with Crippen molar-refractivity contribution >= 4 is 17.5 Å². The molecule has 0 unspecified atom stereocenters. The number of anilines is 1. The van der Waals surface area contributed by atoms with Gasteiger partial charge in [-0.1, -0.05) is 12.1 Å². The second-order valence-corrected chi connectivity index (χ2v) is 5.59. The number of para-hydroxylation sites is 2. The van der Waals surface area contributed by atoms with Gasteiger partial charge in [-0.3, -0.25) is 14.3 Å². The van der Waals surface area contributed by atoms with Crippen LogP contribution in [0.15, 0.2) is 36.5 Å². The van der Waals surface area contributed by atoms with Gasteiger partial charge in [0.1, 0.15) is 12.3 Å². The van der Waals surface area contributed by atoms with E-state index in [4.69, 9.17) is 4.74 Å². The van der Waals surface area contributed by atoms with Crippen molar-refractivity contribution < 1.29 is 27.5 Å². The van der Waals surface area contributed by atoms with Crippen LogP contribution in [0.2, 0.25) is 0 Å². The number of nitrogens with one attached hydrogen (secondary N) is 1. The molecule has 0 aliphatic carbocycles. The van der Waals surface area contributed by atoms with Crippen molar-refractivity contribution in [1.29, 1.82) is 0 Å². The van der Waals surface area contributed by atoms with Gasteiger partial charge < -0.3 is 15.0 Å². The summed E-state index contributed by atoms with van der Waals surface area (Å²) in [5, 5.41) is 5.83. The number of carbonyl (C=O) groups excluding carboxylic acids is 2. The summed E-state index contributed by atoms with van der Waals surface area (Å²) in [5.41, 5.74) is -0.628. The fourth-order valence-corrected chi connectivity index (χ4v) is 2.59. The van der Waals surface area contributed by atoms with Crippen LogP contribution < -0.4 is 15.0 Å². The Bertz CT molecular complexity index is 834. The number of hydrogen-bond donors (Lipinski definition) is 1. The number of nitrogens with zero attached hydrogens (tertiary/aromatic N) is 3. The number of aromatic nitrogens is 2. The summed E-state index contributed by atoms with van der Waals surface area (Å²) in [4.78, 5) is 25.9. The number of amides is 2. The largest absolute Gasteiger partial charge is 0.477 e.